The zero-order valence-electron chi connectivity index (χ0n) is 11.3. The van der Waals surface area contributed by atoms with Gasteiger partial charge in [-0.05, 0) is 31.5 Å². The molecule has 0 aliphatic heterocycles. The Labute approximate surface area is 118 Å². The molecule has 0 radical (unpaired) electrons. The van der Waals surface area contributed by atoms with Crippen molar-refractivity contribution in [2.24, 2.45) is 0 Å². The molecule has 0 aliphatic carbocycles. The fraction of sp³-hybridized carbons (Fsp3) is 0.333. The summed E-state index contributed by atoms with van der Waals surface area (Å²) in [6, 6.07) is 12.2. The second kappa shape index (κ2) is 7.45. The SMILES string of the molecule is O=C(O)NCCCCNCc1ccc2ccccc2n1. The van der Waals surface area contributed by atoms with Gasteiger partial charge in [0.15, 0.2) is 0 Å². The van der Waals surface area contributed by atoms with Crippen LogP contribution in [0, 0.1) is 0 Å². The number of rotatable bonds is 7. The highest BCUT2D eigenvalue weighted by molar-refractivity contribution is 5.78. The topological polar surface area (TPSA) is 74.2 Å². The van der Waals surface area contributed by atoms with Crippen LogP contribution >= 0.6 is 0 Å². The van der Waals surface area contributed by atoms with Gasteiger partial charge in [-0.1, -0.05) is 24.3 Å². The van der Waals surface area contributed by atoms with Crippen LogP contribution in [0.15, 0.2) is 36.4 Å². The average molecular weight is 273 g/mol. The van der Waals surface area contributed by atoms with Crippen LogP contribution in [0.4, 0.5) is 4.79 Å². The third kappa shape index (κ3) is 4.51. The van der Waals surface area contributed by atoms with E-state index in [4.69, 9.17) is 5.11 Å². The van der Waals surface area contributed by atoms with Crippen molar-refractivity contribution in [3.05, 3.63) is 42.1 Å². The molecule has 1 heterocycles. The van der Waals surface area contributed by atoms with E-state index in [1.54, 1.807) is 0 Å². The van der Waals surface area contributed by atoms with Crippen LogP contribution in [0.1, 0.15) is 18.5 Å². The van der Waals surface area contributed by atoms with E-state index in [9.17, 15) is 4.79 Å². The molecule has 2 rings (SSSR count). The highest BCUT2D eigenvalue weighted by Crippen LogP contribution is 2.11. The van der Waals surface area contributed by atoms with E-state index < -0.39 is 6.09 Å². The number of amides is 1. The van der Waals surface area contributed by atoms with Gasteiger partial charge in [-0.15, -0.1) is 0 Å². The summed E-state index contributed by atoms with van der Waals surface area (Å²) >= 11 is 0. The highest BCUT2D eigenvalue weighted by atomic mass is 16.4. The molecule has 0 aliphatic rings. The van der Waals surface area contributed by atoms with Gasteiger partial charge in [-0.25, -0.2) is 4.79 Å². The summed E-state index contributed by atoms with van der Waals surface area (Å²) in [7, 11) is 0. The molecular formula is C15H19N3O2. The second-order valence-electron chi connectivity index (χ2n) is 4.61. The van der Waals surface area contributed by atoms with E-state index in [1.807, 2.05) is 24.3 Å². The molecule has 0 fully saturated rings. The van der Waals surface area contributed by atoms with Gasteiger partial charge in [0.05, 0.1) is 11.2 Å². The Morgan fingerprint density at radius 3 is 2.75 bits per heavy atom. The standard InChI is InChI=1S/C15H19N3O2/c19-15(20)17-10-4-3-9-16-11-13-8-7-12-5-1-2-6-14(12)18-13/h1-2,5-8,16-17H,3-4,9-11H2,(H,19,20). The lowest BCUT2D eigenvalue weighted by molar-refractivity contribution is 0.194. The number of para-hydroxylation sites is 1. The summed E-state index contributed by atoms with van der Waals surface area (Å²) in [6.07, 6.45) is 0.816. The number of hydrogen-bond acceptors (Lipinski definition) is 3. The van der Waals surface area contributed by atoms with Crippen molar-refractivity contribution >= 4 is 17.0 Å². The van der Waals surface area contributed by atoms with Crippen LogP contribution in [0.25, 0.3) is 10.9 Å². The molecule has 1 aromatic carbocycles. The maximum atomic E-state index is 10.2. The number of nitrogens with zero attached hydrogens (tertiary/aromatic N) is 1. The fourth-order valence-electron chi connectivity index (χ4n) is 1.99. The Balaban J connectivity index is 1.69. The Morgan fingerprint density at radius 1 is 1.10 bits per heavy atom. The highest BCUT2D eigenvalue weighted by Gasteiger charge is 1.98. The minimum Gasteiger partial charge on any atom is -0.465 e. The molecule has 3 N–H and O–H groups in total. The number of pyridine rings is 1. The van der Waals surface area contributed by atoms with Gasteiger partial charge < -0.3 is 15.7 Å². The molecule has 0 atom stereocenters. The first-order valence-electron chi connectivity index (χ1n) is 6.78. The molecule has 2 aromatic rings. The van der Waals surface area contributed by atoms with Gasteiger partial charge in [0.25, 0.3) is 0 Å². The Bertz CT molecular complexity index is 572. The molecule has 0 saturated carbocycles. The lowest BCUT2D eigenvalue weighted by atomic mass is 10.2. The lowest BCUT2D eigenvalue weighted by Crippen LogP contribution is -2.23. The predicted molar refractivity (Wildman–Crippen MR) is 78.7 cm³/mol. The molecule has 0 spiro atoms. The molecule has 20 heavy (non-hydrogen) atoms. The Hall–Kier alpha value is -2.14. The van der Waals surface area contributed by atoms with Gasteiger partial charge in [0.1, 0.15) is 0 Å². The number of hydrogen-bond donors (Lipinski definition) is 3. The third-order valence-electron chi connectivity index (χ3n) is 3.02. The Morgan fingerprint density at radius 2 is 1.90 bits per heavy atom. The molecular weight excluding hydrogens is 254 g/mol. The zero-order valence-corrected chi connectivity index (χ0v) is 11.3. The molecule has 0 unspecified atom stereocenters. The van der Waals surface area contributed by atoms with Crippen LogP contribution < -0.4 is 10.6 Å². The first-order chi connectivity index (χ1) is 9.75. The van der Waals surface area contributed by atoms with Gasteiger partial charge in [-0.2, -0.15) is 0 Å². The summed E-state index contributed by atoms with van der Waals surface area (Å²) < 4.78 is 0. The van der Waals surface area contributed by atoms with E-state index >= 15 is 0 Å². The summed E-state index contributed by atoms with van der Waals surface area (Å²) in [5.74, 6) is 0. The van der Waals surface area contributed by atoms with E-state index in [2.05, 4.69) is 27.8 Å². The minimum atomic E-state index is -0.960. The minimum absolute atomic E-state index is 0.505. The molecule has 1 aromatic heterocycles. The number of benzene rings is 1. The zero-order chi connectivity index (χ0) is 14.2. The number of carboxylic acid groups (broad SMARTS) is 1. The van der Waals surface area contributed by atoms with Crippen molar-refractivity contribution in [3.63, 3.8) is 0 Å². The predicted octanol–water partition coefficient (Wildman–Crippen LogP) is 2.37. The second-order valence-corrected chi connectivity index (χ2v) is 4.61. The van der Waals surface area contributed by atoms with Crippen molar-refractivity contribution in [3.8, 4) is 0 Å². The van der Waals surface area contributed by atoms with Crippen molar-refractivity contribution < 1.29 is 9.90 Å². The van der Waals surface area contributed by atoms with E-state index in [1.165, 1.54) is 0 Å². The van der Waals surface area contributed by atoms with Crippen LogP contribution in [0.2, 0.25) is 0 Å². The van der Waals surface area contributed by atoms with E-state index in [0.717, 1.165) is 42.5 Å². The van der Waals surface area contributed by atoms with Crippen molar-refractivity contribution in [1.82, 2.24) is 15.6 Å². The van der Waals surface area contributed by atoms with Crippen molar-refractivity contribution in [1.29, 1.82) is 0 Å². The summed E-state index contributed by atoms with van der Waals surface area (Å²) in [6.45, 7) is 2.10. The van der Waals surface area contributed by atoms with Gasteiger partial charge in [-0.3, -0.25) is 4.98 Å². The molecule has 5 nitrogen and oxygen atoms in total. The summed E-state index contributed by atoms with van der Waals surface area (Å²) in [5.41, 5.74) is 2.03. The molecule has 0 bridgehead atoms. The average Bonchev–Trinajstić information content (AvgIpc) is 2.46. The first-order valence-corrected chi connectivity index (χ1v) is 6.78. The third-order valence-corrected chi connectivity index (χ3v) is 3.02. The lowest BCUT2D eigenvalue weighted by Gasteiger charge is -2.06. The van der Waals surface area contributed by atoms with Crippen LogP contribution in [-0.2, 0) is 6.54 Å². The summed E-state index contributed by atoms with van der Waals surface area (Å²) in [5, 5.41) is 15.2. The van der Waals surface area contributed by atoms with E-state index in [0.29, 0.717) is 6.54 Å². The number of aromatic nitrogens is 1. The quantitative estimate of drug-likeness (QED) is 0.677. The molecule has 0 saturated heterocycles. The largest absolute Gasteiger partial charge is 0.465 e. The number of nitrogens with one attached hydrogen (secondary N) is 2. The molecule has 1 amide bonds. The van der Waals surface area contributed by atoms with Crippen molar-refractivity contribution in [2.75, 3.05) is 13.1 Å². The van der Waals surface area contributed by atoms with Gasteiger partial charge >= 0.3 is 6.09 Å². The van der Waals surface area contributed by atoms with Crippen molar-refractivity contribution in [2.45, 2.75) is 19.4 Å². The molecule has 5 heteroatoms. The smallest absolute Gasteiger partial charge is 0.404 e. The number of carbonyl (C=O) groups is 1. The van der Waals surface area contributed by atoms with Gasteiger partial charge in [0, 0.05) is 18.5 Å². The summed E-state index contributed by atoms with van der Waals surface area (Å²) in [4.78, 5) is 14.8. The van der Waals surface area contributed by atoms with Crippen LogP contribution in [-0.4, -0.2) is 29.3 Å². The van der Waals surface area contributed by atoms with Crippen LogP contribution in [0.3, 0.4) is 0 Å². The Kier molecular flexibility index (Phi) is 5.32. The van der Waals surface area contributed by atoms with E-state index in [-0.39, 0.29) is 0 Å². The maximum Gasteiger partial charge on any atom is 0.404 e. The monoisotopic (exact) mass is 273 g/mol. The normalized spacial score (nSPS) is 10.6. The first kappa shape index (κ1) is 14.3. The van der Waals surface area contributed by atoms with Gasteiger partial charge in [0.2, 0.25) is 0 Å². The number of unbranched alkanes of at least 4 members (excludes halogenated alkanes) is 1. The van der Waals surface area contributed by atoms with Crippen LogP contribution in [0.5, 0.6) is 0 Å². The molecule has 106 valence electrons. The number of fused-ring (bicyclic) bond motifs is 1. The fourth-order valence-corrected chi connectivity index (χ4v) is 1.99. The maximum absolute atomic E-state index is 10.2.